The first-order valence-corrected chi connectivity index (χ1v) is 9.40. The van der Waals surface area contributed by atoms with E-state index in [4.69, 9.17) is 9.84 Å². The molecule has 0 radical (unpaired) electrons. The Bertz CT molecular complexity index is 761. The molecule has 0 saturated heterocycles. The molecule has 4 heteroatoms. The molecule has 2 aliphatic rings. The Morgan fingerprint density at radius 3 is 2.04 bits per heavy atom. The Kier molecular flexibility index (Phi) is 4.68. The van der Waals surface area contributed by atoms with Gasteiger partial charge in [-0.2, -0.15) is 0 Å². The quantitative estimate of drug-likeness (QED) is 0.733. The number of carboxylic acid groups (broad SMARTS) is 1. The fraction of sp³-hybridized carbons (Fsp3) is 0.409. The fourth-order valence-corrected chi connectivity index (χ4v) is 3.49. The van der Waals surface area contributed by atoms with Crippen molar-refractivity contribution >= 4 is 17.3 Å². The van der Waals surface area contributed by atoms with Crippen LogP contribution in [0.4, 0.5) is 11.4 Å². The van der Waals surface area contributed by atoms with Crippen LogP contribution in [0, 0.1) is 0 Å². The molecule has 1 N–H and O–H groups in total. The molecule has 136 valence electrons. The molecule has 2 aliphatic carbocycles. The number of hydrogen-bond donors (Lipinski definition) is 1. The summed E-state index contributed by atoms with van der Waals surface area (Å²) in [6.45, 7) is 1.36. The Balaban J connectivity index is 1.70. The summed E-state index contributed by atoms with van der Waals surface area (Å²) in [5.41, 5.74) is 5.41. The van der Waals surface area contributed by atoms with Gasteiger partial charge in [0.05, 0.1) is 12.2 Å². The lowest BCUT2D eigenvalue weighted by molar-refractivity contribution is 0.0697. The second-order valence-electron chi connectivity index (χ2n) is 7.40. The van der Waals surface area contributed by atoms with Gasteiger partial charge < -0.3 is 14.7 Å². The van der Waals surface area contributed by atoms with Crippen LogP contribution in [0.3, 0.4) is 0 Å². The number of anilines is 2. The fourth-order valence-electron chi connectivity index (χ4n) is 3.49. The van der Waals surface area contributed by atoms with Gasteiger partial charge in [-0.3, -0.25) is 0 Å². The van der Waals surface area contributed by atoms with E-state index in [2.05, 4.69) is 23.1 Å². The standard InChI is InChI=1S/C22H25NO3/c1-26-11-10-23(20-8-6-17(7-9-20)22(24)25)21-13-18(15-2-3-15)12-19(14-21)16-4-5-16/h6-9,12-16H,2-5,10-11H2,1H3,(H,24,25). The first-order chi connectivity index (χ1) is 12.7. The second-order valence-corrected chi connectivity index (χ2v) is 7.40. The molecule has 0 unspecified atom stereocenters. The molecule has 4 nitrogen and oxygen atoms in total. The molecule has 0 aromatic heterocycles. The Morgan fingerprint density at radius 1 is 1.00 bits per heavy atom. The average molecular weight is 351 g/mol. The Hall–Kier alpha value is -2.33. The average Bonchev–Trinajstić information content (AvgIpc) is 3.55. The summed E-state index contributed by atoms with van der Waals surface area (Å²) in [5, 5.41) is 9.15. The maximum atomic E-state index is 11.1. The molecule has 2 aromatic carbocycles. The van der Waals surface area contributed by atoms with Crippen molar-refractivity contribution in [1.82, 2.24) is 0 Å². The maximum absolute atomic E-state index is 11.1. The molecule has 2 aromatic rings. The van der Waals surface area contributed by atoms with Crippen LogP contribution in [0.2, 0.25) is 0 Å². The molecular weight excluding hydrogens is 326 g/mol. The molecule has 0 heterocycles. The molecule has 26 heavy (non-hydrogen) atoms. The number of methoxy groups -OCH3 is 1. The van der Waals surface area contributed by atoms with Gasteiger partial charge in [0.2, 0.25) is 0 Å². The van der Waals surface area contributed by atoms with Crippen LogP contribution in [0.5, 0.6) is 0 Å². The molecule has 0 amide bonds. The van der Waals surface area contributed by atoms with Crippen molar-refractivity contribution in [3.63, 3.8) is 0 Å². The minimum Gasteiger partial charge on any atom is -0.478 e. The first-order valence-electron chi connectivity index (χ1n) is 9.40. The zero-order chi connectivity index (χ0) is 18.1. The molecule has 0 spiro atoms. The van der Waals surface area contributed by atoms with Crippen LogP contribution in [0.15, 0.2) is 42.5 Å². The number of aromatic carboxylic acids is 1. The van der Waals surface area contributed by atoms with Crippen LogP contribution >= 0.6 is 0 Å². The maximum Gasteiger partial charge on any atom is 0.335 e. The smallest absolute Gasteiger partial charge is 0.335 e. The number of benzene rings is 2. The van der Waals surface area contributed by atoms with E-state index >= 15 is 0 Å². The largest absolute Gasteiger partial charge is 0.478 e. The van der Waals surface area contributed by atoms with Crippen molar-refractivity contribution in [2.75, 3.05) is 25.2 Å². The van der Waals surface area contributed by atoms with Crippen molar-refractivity contribution in [2.24, 2.45) is 0 Å². The van der Waals surface area contributed by atoms with Gasteiger partial charge in [0.1, 0.15) is 0 Å². The van der Waals surface area contributed by atoms with Gasteiger partial charge >= 0.3 is 5.97 Å². The summed E-state index contributed by atoms with van der Waals surface area (Å²) < 4.78 is 5.32. The zero-order valence-corrected chi connectivity index (χ0v) is 15.1. The van der Waals surface area contributed by atoms with Crippen molar-refractivity contribution in [2.45, 2.75) is 37.5 Å². The summed E-state index contributed by atoms with van der Waals surface area (Å²) >= 11 is 0. The van der Waals surface area contributed by atoms with E-state index < -0.39 is 5.97 Å². The molecule has 0 aliphatic heterocycles. The van der Waals surface area contributed by atoms with Crippen molar-refractivity contribution in [3.8, 4) is 0 Å². The van der Waals surface area contributed by atoms with Gasteiger partial charge in [0.25, 0.3) is 0 Å². The number of nitrogens with zero attached hydrogens (tertiary/aromatic N) is 1. The van der Waals surface area contributed by atoms with E-state index in [1.54, 1.807) is 19.2 Å². The number of carbonyl (C=O) groups is 1. The third-order valence-corrected chi connectivity index (χ3v) is 5.32. The van der Waals surface area contributed by atoms with Crippen LogP contribution in [-0.4, -0.2) is 31.3 Å². The summed E-state index contributed by atoms with van der Waals surface area (Å²) in [6, 6.07) is 14.1. The number of rotatable bonds is 8. The summed E-state index contributed by atoms with van der Waals surface area (Å²) in [5.74, 6) is 0.531. The van der Waals surface area contributed by atoms with Gasteiger partial charge in [-0.05, 0) is 85.0 Å². The molecule has 2 fully saturated rings. The van der Waals surface area contributed by atoms with E-state index in [9.17, 15) is 4.79 Å². The summed E-state index contributed by atoms with van der Waals surface area (Å²) in [6.07, 6.45) is 5.16. The highest BCUT2D eigenvalue weighted by Crippen LogP contribution is 2.47. The molecule has 2 saturated carbocycles. The first kappa shape index (κ1) is 17.1. The topological polar surface area (TPSA) is 49.8 Å². The van der Waals surface area contributed by atoms with Gasteiger partial charge in [-0.1, -0.05) is 6.07 Å². The SMILES string of the molecule is COCCN(c1ccc(C(=O)O)cc1)c1cc(C2CC2)cc(C2CC2)c1. The van der Waals surface area contributed by atoms with E-state index in [-0.39, 0.29) is 0 Å². The van der Waals surface area contributed by atoms with E-state index in [0.717, 1.165) is 12.2 Å². The monoisotopic (exact) mass is 351 g/mol. The Morgan fingerprint density at radius 2 is 1.58 bits per heavy atom. The lowest BCUT2D eigenvalue weighted by Gasteiger charge is -2.26. The van der Waals surface area contributed by atoms with Crippen molar-refractivity contribution < 1.29 is 14.6 Å². The van der Waals surface area contributed by atoms with Crippen molar-refractivity contribution in [1.29, 1.82) is 0 Å². The lowest BCUT2D eigenvalue weighted by Crippen LogP contribution is -2.22. The van der Waals surface area contributed by atoms with Gasteiger partial charge in [0, 0.05) is 25.0 Å². The second kappa shape index (κ2) is 7.12. The third kappa shape index (κ3) is 3.75. The number of ether oxygens (including phenoxy) is 1. The zero-order valence-electron chi connectivity index (χ0n) is 15.1. The van der Waals surface area contributed by atoms with E-state index in [1.165, 1.54) is 42.5 Å². The number of hydrogen-bond acceptors (Lipinski definition) is 3. The lowest BCUT2D eigenvalue weighted by atomic mass is 10.0. The van der Waals surface area contributed by atoms with E-state index in [1.807, 2.05) is 12.1 Å². The minimum absolute atomic E-state index is 0.311. The molecule has 0 bridgehead atoms. The highest BCUT2D eigenvalue weighted by molar-refractivity contribution is 5.88. The van der Waals surface area contributed by atoms with Gasteiger partial charge in [-0.15, -0.1) is 0 Å². The van der Waals surface area contributed by atoms with Gasteiger partial charge in [0.15, 0.2) is 0 Å². The predicted octanol–water partition coefficient (Wildman–Crippen LogP) is 4.92. The highest BCUT2D eigenvalue weighted by Gasteiger charge is 2.29. The highest BCUT2D eigenvalue weighted by atomic mass is 16.5. The molecule has 0 atom stereocenters. The molecular formula is C22H25NO3. The van der Waals surface area contributed by atoms with Crippen LogP contribution < -0.4 is 4.90 Å². The Labute approximate surface area is 154 Å². The predicted molar refractivity (Wildman–Crippen MR) is 103 cm³/mol. The summed E-state index contributed by atoms with van der Waals surface area (Å²) in [7, 11) is 1.71. The normalized spacial score (nSPS) is 16.5. The van der Waals surface area contributed by atoms with E-state index in [0.29, 0.717) is 24.0 Å². The molecule has 4 rings (SSSR count). The van der Waals surface area contributed by atoms with Crippen molar-refractivity contribution in [3.05, 3.63) is 59.2 Å². The van der Waals surface area contributed by atoms with Crippen LogP contribution in [0.25, 0.3) is 0 Å². The van der Waals surface area contributed by atoms with Crippen LogP contribution in [-0.2, 0) is 4.74 Å². The minimum atomic E-state index is -0.897. The summed E-state index contributed by atoms with van der Waals surface area (Å²) in [4.78, 5) is 13.4. The van der Waals surface area contributed by atoms with Crippen LogP contribution in [0.1, 0.15) is 59.0 Å². The van der Waals surface area contributed by atoms with Gasteiger partial charge in [-0.25, -0.2) is 4.79 Å². The number of carboxylic acids is 1. The third-order valence-electron chi connectivity index (χ3n) is 5.32.